The second-order valence-corrected chi connectivity index (χ2v) is 3.72. The predicted octanol–water partition coefficient (Wildman–Crippen LogP) is 4.36. The van der Waals surface area contributed by atoms with Gasteiger partial charge in [-0.3, -0.25) is 4.99 Å². The summed E-state index contributed by atoms with van der Waals surface area (Å²) in [6, 6.07) is 8.52. The van der Waals surface area contributed by atoms with Crippen molar-refractivity contribution in [3.05, 3.63) is 53.5 Å². The summed E-state index contributed by atoms with van der Waals surface area (Å²) in [5, 5.41) is 0. The molecule has 0 N–H and O–H groups in total. The Morgan fingerprint density at radius 2 is 1.83 bits per heavy atom. The molecule has 0 saturated carbocycles. The molecule has 0 unspecified atom stereocenters. The van der Waals surface area contributed by atoms with Crippen molar-refractivity contribution in [1.29, 1.82) is 0 Å². The molecule has 94 valence electrons. The molecular formula is C13H10F3NO. The highest BCUT2D eigenvalue weighted by atomic mass is 19.4. The number of para-hydroxylation sites is 1. The Balaban J connectivity index is 2.32. The van der Waals surface area contributed by atoms with Crippen molar-refractivity contribution in [3.63, 3.8) is 0 Å². The fourth-order valence-electron chi connectivity index (χ4n) is 1.48. The predicted molar refractivity (Wildman–Crippen MR) is 62.1 cm³/mol. The number of halogens is 3. The highest BCUT2D eigenvalue weighted by Crippen LogP contribution is 2.35. The Morgan fingerprint density at radius 1 is 1.11 bits per heavy atom. The summed E-state index contributed by atoms with van der Waals surface area (Å²) >= 11 is 0. The van der Waals surface area contributed by atoms with Crippen LogP contribution in [0.15, 0.2) is 45.8 Å². The Hall–Kier alpha value is -2.04. The first kappa shape index (κ1) is 12.4. The van der Waals surface area contributed by atoms with Crippen molar-refractivity contribution in [2.24, 2.45) is 4.99 Å². The van der Waals surface area contributed by atoms with Crippen molar-refractivity contribution in [2.45, 2.75) is 13.1 Å². The van der Waals surface area contributed by atoms with Crippen LogP contribution in [0.5, 0.6) is 0 Å². The molecule has 0 aliphatic rings. The van der Waals surface area contributed by atoms with E-state index in [0.717, 1.165) is 6.07 Å². The van der Waals surface area contributed by atoms with Crippen LogP contribution in [0.25, 0.3) is 0 Å². The van der Waals surface area contributed by atoms with Crippen molar-refractivity contribution in [1.82, 2.24) is 0 Å². The molecule has 0 amide bonds. The molecule has 0 saturated heterocycles. The molecule has 0 fully saturated rings. The Kier molecular flexibility index (Phi) is 3.23. The largest absolute Gasteiger partial charge is 0.460 e. The summed E-state index contributed by atoms with van der Waals surface area (Å²) in [5.41, 5.74) is -0.886. The summed E-state index contributed by atoms with van der Waals surface area (Å²) in [7, 11) is 0. The number of alkyl halides is 3. The summed E-state index contributed by atoms with van der Waals surface area (Å²) in [4.78, 5) is 3.82. The first-order valence-electron chi connectivity index (χ1n) is 5.23. The van der Waals surface area contributed by atoms with Gasteiger partial charge < -0.3 is 4.42 Å². The van der Waals surface area contributed by atoms with Gasteiger partial charge in [0.25, 0.3) is 0 Å². The van der Waals surface area contributed by atoms with Gasteiger partial charge in [0, 0.05) is 0 Å². The van der Waals surface area contributed by atoms with Gasteiger partial charge in [0.05, 0.1) is 17.5 Å². The molecule has 0 bridgehead atoms. The van der Waals surface area contributed by atoms with Gasteiger partial charge in [0.15, 0.2) is 0 Å². The van der Waals surface area contributed by atoms with Crippen LogP contribution >= 0.6 is 0 Å². The fraction of sp³-hybridized carbons (Fsp3) is 0.154. The second-order valence-electron chi connectivity index (χ2n) is 3.72. The minimum Gasteiger partial charge on any atom is -0.460 e. The number of benzene rings is 1. The normalized spacial score (nSPS) is 12.2. The first-order chi connectivity index (χ1) is 8.47. The molecule has 2 rings (SSSR count). The zero-order chi connectivity index (χ0) is 13.2. The first-order valence-corrected chi connectivity index (χ1v) is 5.23. The van der Waals surface area contributed by atoms with Crippen LogP contribution in [0, 0.1) is 6.92 Å². The van der Waals surface area contributed by atoms with E-state index >= 15 is 0 Å². The summed E-state index contributed by atoms with van der Waals surface area (Å²) < 4.78 is 43.2. The number of nitrogens with zero attached hydrogens (tertiary/aromatic N) is 1. The summed E-state index contributed by atoms with van der Waals surface area (Å²) in [6.07, 6.45) is -3.13. The minimum absolute atomic E-state index is 0.126. The molecule has 5 heteroatoms. The molecule has 2 aromatic rings. The maximum absolute atomic E-state index is 12.7. The van der Waals surface area contributed by atoms with Crippen LogP contribution in [0.1, 0.15) is 17.1 Å². The Morgan fingerprint density at radius 3 is 2.44 bits per heavy atom. The van der Waals surface area contributed by atoms with Gasteiger partial charge in [0.1, 0.15) is 11.5 Å². The number of furan rings is 1. The topological polar surface area (TPSA) is 25.5 Å². The van der Waals surface area contributed by atoms with Crippen LogP contribution in [-0.4, -0.2) is 6.21 Å². The molecule has 0 aliphatic carbocycles. The van der Waals surface area contributed by atoms with E-state index in [2.05, 4.69) is 4.99 Å². The third-order valence-electron chi connectivity index (χ3n) is 2.30. The lowest BCUT2D eigenvalue weighted by Crippen LogP contribution is -2.04. The van der Waals surface area contributed by atoms with E-state index in [9.17, 15) is 13.2 Å². The lowest BCUT2D eigenvalue weighted by molar-refractivity contribution is -0.137. The number of hydrogen-bond acceptors (Lipinski definition) is 2. The highest BCUT2D eigenvalue weighted by Gasteiger charge is 2.32. The lowest BCUT2D eigenvalue weighted by atomic mass is 10.2. The van der Waals surface area contributed by atoms with E-state index in [-0.39, 0.29) is 5.69 Å². The molecule has 0 spiro atoms. The third kappa shape index (κ3) is 2.80. The molecular weight excluding hydrogens is 243 g/mol. The third-order valence-corrected chi connectivity index (χ3v) is 2.30. The summed E-state index contributed by atoms with van der Waals surface area (Å²) in [5.74, 6) is 1.10. The van der Waals surface area contributed by atoms with Crippen LogP contribution < -0.4 is 0 Å². The van der Waals surface area contributed by atoms with Gasteiger partial charge in [-0.15, -0.1) is 0 Å². The van der Waals surface area contributed by atoms with Gasteiger partial charge >= 0.3 is 6.18 Å². The van der Waals surface area contributed by atoms with Crippen molar-refractivity contribution < 1.29 is 17.6 Å². The minimum atomic E-state index is -4.41. The molecule has 0 aliphatic heterocycles. The fourth-order valence-corrected chi connectivity index (χ4v) is 1.48. The van der Waals surface area contributed by atoms with Crippen molar-refractivity contribution in [3.8, 4) is 0 Å². The molecule has 0 atom stereocenters. The SMILES string of the molecule is Cc1ccc(C=Nc2ccccc2C(F)(F)F)o1. The van der Waals surface area contributed by atoms with Crippen molar-refractivity contribution >= 4 is 11.9 Å². The van der Waals surface area contributed by atoms with Gasteiger partial charge in [0.2, 0.25) is 0 Å². The second kappa shape index (κ2) is 4.68. The average molecular weight is 253 g/mol. The van der Waals surface area contributed by atoms with E-state index in [4.69, 9.17) is 4.42 Å². The van der Waals surface area contributed by atoms with E-state index in [0.29, 0.717) is 11.5 Å². The van der Waals surface area contributed by atoms with Crippen LogP contribution in [0.3, 0.4) is 0 Å². The van der Waals surface area contributed by atoms with E-state index in [1.807, 2.05) is 0 Å². The Labute approximate surface area is 102 Å². The van der Waals surface area contributed by atoms with Gasteiger partial charge in [-0.25, -0.2) is 0 Å². The zero-order valence-electron chi connectivity index (χ0n) is 9.53. The molecule has 1 aromatic heterocycles. The molecule has 0 radical (unpaired) electrons. The maximum Gasteiger partial charge on any atom is 0.418 e. The number of aryl methyl sites for hydroxylation is 1. The molecule has 1 heterocycles. The Bertz CT molecular complexity index is 570. The standard InChI is InChI=1S/C13H10F3NO/c1-9-6-7-10(18-9)8-17-12-5-3-2-4-11(12)13(14,15)16/h2-8H,1H3. The van der Waals surface area contributed by atoms with Gasteiger partial charge in [-0.2, -0.15) is 13.2 Å². The lowest BCUT2D eigenvalue weighted by Gasteiger charge is -2.08. The van der Waals surface area contributed by atoms with Crippen LogP contribution in [0.2, 0.25) is 0 Å². The molecule has 1 aromatic carbocycles. The number of aliphatic imine (C=N–C) groups is 1. The zero-order valence-corrected chi connectivity index (χ0v) is 9.53. The number of hydrogen-bond donors (Lipinski definition) is 0. The van der Waals surface area contributed by atoms with Crippen LogP contribution in [-0.2, 0) is 6.18 Å². The monoisotopic (exact) mass is 253 g/mol. The molecule has 2 nitrogen and oxygen atoms in total. The van der Waals surface area contributed by atoms with Crippen molar-refractivity contribution in [2.75, 3.05) is 0 Å². The van der Waals surface area contributed by atoms with Gasteiger partial charge in [-0.05, 0) is 31.2 Å². The summed E-state index contributed by atoms with van der Waals surface area (Å²) in [6.45, 7) is 1.75. The maximum atomic E-state index is 12.7. The van der Waals surface area contributed by atoms with E-state index in [1.54, 1.807) is 19.1 Å². The molecule has 18 heavy (non-hydrogen) atoms. The quantitative estimate of drug-likeness (QED) is 0.730. The smallest absolute Gasteiger partial charge is 0.418 e. The van der Waals surface area contributed by atoms with E-state index < -0.39 is 11.7 Å². The van der Waals surface area contributed by atoms with Gasteiger partial charge in [-0.1, -0.05) is 12.1 Å². The highest BCUT2D eigenvalue weighted by molar-refractivity contribution is 5.79. The van der Waals surface area contributed by atoms with E-state index in [1.165, 1.54) is 24.4 Å². The van der Waals surface area contributed by atoms with Crippen LogP contribution in [0.4, 0.5) is 18.9 Å². The average Bonchev–Trinajstić information content (AvgIpc) is 2.72. The number of rotatable bonds is 2.